The lowest BCUT2D eigenvalue weighted by molar-refractivity contribution is -0.148. The fraction of sp³-hybridized carbons (Fsp3) is 0.667. The molecule has 6 atom stereocenters. The van der Waals surface area contributed by atoms with Crippen LogP contribution in [0.2, 0.25) is 0 Å². The van der Waals surface area contributed by atoms with Gasteiger partial charge in [-0.1, -0.05) is 31.5 Å². The summed E-state index contributed by atoms with van der Waals surface area (Å²) in [4.78, 5) is 18.1. The summed E-state index contributed by atoms with van der Waals surface area (Å²) in [5, 5.41) is 0. The highest BCUT2D eigenvalue weighted by Crippen LogP contribution is 2.63. The van der Waals surface area contributed by atoms with Crippen LogP contribution in [0.4, 0.5) is 5.69 Å². The van der Waals surface area contributed by atoms with E-state index in [0.29, 0.717) is 11.8 Å². The Morgan fingerprint density at radius 1 is 1.31 bits per heavy atom. The van der Waals surface area contributed by atoms with E-state index in [1.54, 1.807) is 0 Å². The van der Waals surface area contributed by atoms with Crippen LogP contribution in [-0.4, -0.2) is 56.0 Å². The molecular weight excluding hydrogens is 328 g/mol. The first kappa shape index (κ1) is 16.6. The number of nitrogens with zero attached hydrogens (tertiary/aromatic N) is 2. The number of rotatable bonds is 3. The van der Waals surface area contributed by atoms with Gasteiger partial charge in [-0.2, -0.15) is 0 Å². The number of para-hydroxylation sites is 1. The number of esters is 1. The smallest absolute Gasteiger partial charge is 0.328 e. The van der Waals surface area contributed by atoms with Crippen LogP contribution in [0.5, 0.6) is 0 Å². The molecule has 2 bridgehead atoms. The van der Waals surface area contributed by atoms with Crippen LogP contribution in [0, 0.1) is 11.8 Å². The number of carbonyl (C=O) groups excluding carboxylic acids is 1. The summed E-state index contributed by atoms with van der Waals surface area (Å²) in [6.45, 7) is 4.38. The summed E-state index contributed by atoms with van der Waals surface area (Å²) >= 11 is 0. The van der Waals surface area contributed by atoms with Crippen LogP contribution in [0.25, 0.3) is 0 Å². The Hall–Kier alpha value is -1.59. The van der Waals surface area contributed by atoms with Gasteiger partial charge in [-0.25, -0.2) is 4.79 Å². The third-order valence-corrected chi connectivity index (χ3v) is 7.62. The average molecular weight is 356 g/mol. The summed E-state index contributed by atoms with van der Waals surface area (Å²) in [6.07, 6.45) is 3.26. The van der Waals surface area contributed by atoms with Crippen molar-refractivity contribution < 1.29 is 14.3 Å². The van der Waals surface area contributed by atoms with Crippen molar-refractivity contribution in [2.24, 2.45) is 11.8 Å². The monoisotopic (exact) mass is 356 g/mol. The van der Waals surface area contributed by atoms with Crippen molar-refractivity contribution in [1.29, 1.82) is 0 Å². The molecule has 0 aliphatic carbocycles. The first-order chi connectivity index (χ1) is 12.7. The number of hydrogen-bond donors (Lipinski definition) is 0. The van der Waals surface area contributed by atoms with Crippen LogP contribution in [0.1, 0.15) is 37.7 Å². The predicted octanol–water partition coefficient (Wildman–Crippen LogP) is 2.61. The van der Waals surface area contributed by atoms with Crippen molar-refractivity contribution in [3.8, 4) is 0 Å². The highest BCUT2D eigenvalue weighted by atomic mass is 16.5. The molecule has 6 rings (SSSR count). The van der Waals surface area contributed by atoms with Crippen LogP contribution in [0.3, 0.4) is 0 Å². The van der Waals surface area contributed by atoms with E-state index in [2.05, 4.69) is 41.0 Å². The molecule has 4 saturated heterocycles. The van der Waals surface area contributed by atoms with Crippen LogP contribution in [-0.2, 0) is 14.3 Å². The zero-order chi connectivity index (χ0) is 18.1. The number of fused-ring (bicyclic) bond motifs is 4. The van der Waals surface area contributed by atoms with Gasteiger partial charge in [-0.15, -0.1) is 0 Å². The molecule has 5 heteroatoms. The van der Waals surface area contributed by atoms with E-state index in [9.17, 15) is 4.79 Å². The molecular formula is C21H28N2O3. The van der Waals surface area contributed by atoms with Gasteiger partial charge in [-0.3, -0.25) is 4.90 Å². The fourth-order valence-corrected chi connectivity index (χ4v) is 6.70. The van der Waals surface area contributed by atoms with Gasteiger partial charge >= 0.3 is 5.97 Å². The fourth-order valence-electron chi connectivity index (χ4n) is 6.70. The number of carbonyl (C=O) groups is 1. The molecule has 0 radical (unpaired) electrons. The molecule has 0 saturated carbocycles. The standard InChI is InChI=1S/C21H28N2O3/c1-4-13-12-22-10-9-16-14-7-5-6-8-17(14)23-19(20(24)26-3)15(13)11-18(25-2)21(16,22)23/h5-8,13,15-16,18-19H,4,9-12H2,1-3H3/t13-,15-,16+,18-,19+,21+/m0/s1. The van der Waals surface area contributed by atoms with Gasteiger partial charge in [0.25, 0.3) is 0 Å². The molecule has 4 fully saturated rings. The maximum Gasteiger partial charge on any atom is 0.328 e. The molecule has 5 nitrogen and oxygen atoms in total. The molecule has 1 spiro atoms. The molecule has 0 unspecified atom stereocenters. The lowest BCUT2D eigenvalue weighted by Crippen LogP contribution is -2.71. The number of methoxy groups -OCH3 is 2. The van der Waals surface area contributed by atoms with Gasteiger partial charge < -0.3 is 14.4 Å². The topological polar surface area (TPSA) is 42.0 Å². The normalized spacial score (nSPS) is 40.3. The van der Waals surface area contributed by atoms with Crippen LogP contribution in [0.15, 0.2) is 24.3 Å². The van der Waals surface area contributed by atoms with Crippen LogP contribution >= 0.6 is 0 Å². The zero-order valence-corrected chi connectivity index (χ0v) is 15.9. The molecule has 140 valence electrons. The van der Waals surface area contributed by atoms with Gasteiger partial charge in [0.15, 0.2) is 0 Å². The minimum atomic E-state index is -0.238. The Labute approximate surface area is 155 Å². The zero-order valence-electron chi connectivity index (χ0n) is 15.9. The first-order valence-electron chi connectivity index (χ1n) is 9.92. The first-order valence-corrected chi connectivity index (χ1v) is 9.92. The molecule has 1 aromatic rings. The average Bonchev–Trinajstić information content (AvgIpc) is 3.09. The largest absolute Gasteiger partial charge is 0.467 e. The van der Waals surface area contributed by atoms with Gasteiger partial charge in [-0.05, 0) is 36.3 Å². The van der Waals surface area contributed by atoms with Crippen molar-refractivity contribution in [3.05, 3.63) is 29.8 Å². The summed E-state index contributed by atoms with van der Waals surface area (Å²) in [5.74, 6) is 1.06. The van der Waals surface area contributed by atoms with Crippen molar-refractivity contribution >= 4 is 11.7 Å². The lowest BCUT2D eigenvalue weighted by Gasteiger charge is -2.55. The molecule has 5 aliphatic rings. The number of anilines is 1. The van der Waals surface area contributed by atoms with Crippen molar-refractivity contribution in [3.63, 3.8) is 0 Å². The quantitative estimate of drug-likeness (QED) is 0.779. The van der Waals surface area contributed by atoms with E-state index in [-0.39, 0.29) is 29.7 Å². The van der Waals surface area contributed by atoms with E-state index in [4.69, 9.17) is 9.47 Å². The molecule has 0 amide bonds. The summed E-state index contributed by atoms with van der Waals surface area (Å²) in [5.41, 5.74) is 2.35. The number of hydrogen-bond acceptors (Lipinski definition) is 5. The molecule has 0 aromatic heterocycles. The molecule has 5 aliphatic heterocycles. The lowest BCUT2D eigenvalue weighted by atomic mass is 9.73. The van der Waals surface area contributed by atoms with Crippen LogP contribution < -0.4 is 4.90 Å². The second-order valence-corrected chi connectivity index (χ2v) is 8.26. The van der Waals surface area contributed by atoms with Gasteiger partial charge in [0.2, 0.25) is 0 Å². The summed E-state index contributed by atoms with van der Waals surface area (Å²) in [6, 6.07) is 8.43. The van der Waals surface area contributed by atoms with Gasteiger partial charge in [0.05, 0.1) is 13.2 Å². The highest BCUT2D eigenvalue weighted by molar-refractivity contribution is 5.84. The SMILES string of the molecule is CC[C@H]1CN2CC[C@@H]3c4ccccc4N4[C@@H](C(=O)OC)[C@H]1C[C@H](OC)[C@]324. The second kappa shape index (κ2) is 5.70. The third-order valence-electron chi connectivity index (χ3n) is 7.62. The Morgan fingerprint density at radius 3 is 2.85 bits per heavy atom. The van der Waals surface area contributed by atoms with Crippen molar-refractivity contribution in [1.82, 2.24) is 4.90 Å². The minimum absolute atomic E-state index is 0.0911. The molecule has 0 N–H and O–H groups in total. The Morgan fingerprint density at radius 2 is 2.12 bits per heavy atom. The highest BCUT2D eigenvalue weighted by Gasteiger charge is 2.70. The van der Waals surface area contributed by atoms with E-state index in [0.717, 1.165) is 32.4 Å². The summed E-state index contributed by atoms with van der Waals surface area (Å²) < 4.78 is 11.5. The second-order valence-electron chi connectivity index (χ2n) is 8.26. The van der Waals surface area contributed by atoms with E-state index in [1.807, 2.05) is 7.11 Å². The Kier molecular flexibility index (Phi) is 3.63. The number of benzene rings is 1. The minimum Gasteiger partial charge on any atom is -0.467 e. The van der Waals surface area contributed by atoms with Crippen molar-refractivity contribution in [2.45, 2.75) is 49.9 Å². The number of ether oxygens (including phenoxy) is 2. The maximum atomic E-state index is 13.0. The maximum absolute atomic E-state index is 13.0. The number of piperidine rings is 1. The molecule has 26 heavy (non-hydrogen) atoms. The van der Waals surface area contributed by atoms with Gasteiger partial charge in [0, 0.05) is 31.8 Å². The van der Waals surface area contributed by atoms with E-state index >= 15 is 0 Å². The summed E-state index contributed by atoms with van der Waals surface area (Å²) in [7, 11) is 3.37. The third kappa shape index (κ3) is 1.76. The molecule has 1 aromatic carbocycles. The van der Waals surface area contributed by atoms with Crippen molar-refractivity contribution in [2.75, 3.05) is 32.2 Å². The van der Waals surface area contributed by atoms with Gasteiger partial charge in [0.1, 0.15) is 11.7 Å². The predicted molar refractivity (Wildman–Crippen MR) is 99.1 cm³/mol. The van der Waals surface area contributed by atoms with E-state index in [1.165, 1.54) is 18.4 Å². The Bertz CT molecular complexity index is 738. The molecule has 5 heterocycles. The van der Waals surface area contributed by atoms with E-state index < -0.39 is 0 Å². The Balaban J connectivity index is 1.78.